The fraction of sp³-hybridized carbons (Fsp3) is 0.250. The first-order valence-corrected chi connectivity index (χ1v) is 6.53. The van der Waals surface area contributed by atoms with Crippen molar-refractivity contribution in [2.24, 2.45) is 5.73 Å². The van der Waals surface area contributed by atoms with Crippen molar-refractivity contribution >= 4 is 0 Å². The van der Waals surface area contributed by atoms with Crippen LogP contribution in [0.4, 0.5) is 4.39 Å². The second kappa shape index (κ2) is 6.50. The van der Waals surface area contributed by atoms with Crippen LogP contribution in [0.3, 0.4) is 0 Å². The van der Waals surface area contributed by atoms with Gasteiger partial charge in [-0.1, -0.05) is 24.3 Å². The van der Waals surface area contributed by atoms with Gasteiger partial charge in [0.1, 0.15) is 5.75 Å². The lowest BCUT2D eigenvalue weighted by atomic mass is 10.1. The van der Waals surface area contributed by atoms with E-state index in [0.717, 1.165) is 5.56 Å². The highest BCUT2D eigenvalue weighted by molar-refractivity contribution is 5.41. The van der Waals surface area contributed by atoms with Gasteiger partial charge in [-0.3, -0.25) is 0 Å². The highest BCUT2D eigenvalue weighted by atomic mass is 19.1. The Hall–Kier alpha value is -1.91. The minimum absolute atomic E-state index is 0.0996. The Labute approximate surface area is 117 Å². The van der Waals surface area contributed by atoms with Crippen LogP contribution in [0, 0.1) is 5.82 Å². The third-order valence-electron chi connectivity index (χ3n) is 3.03. The fourth-order valence-electron chi connectivity index (χ4n) is 1.96. The van der Waals surface area contributed by atoms with Gasteiger partial charge in [0.05, 0.1) is 0 Å². The summed E-state index contributed by atoms with van der Waals surface area (Å²) in [5.74, 6) is 0.273. The van der Waals surface area contributed by atoms with E-state index >= 15 is 0 Å². The SMILES string of the molecule is C[C@H](N)c1cccc(F)c1Oc1ccc(CCO)cc1. The molecule has 1 atom stereocenters. The molecule has 3 N–H and O–H groups in total. The van der Waals surface area contributed by atoms with E-state index in [-0.39, 0.29) is 18.4 Å². The fourth-order valence-corrected chi connectivity index (χ4v) is 1.96. The number of rotatable bonds is 5. The van der Waals surface area contributed by atoms with Gasteiger partial charge in [0, 0.05) is 18.2 Å². The molecule has 0 saturated carbocycles. The molecule has 2 aromatic rings. The maximum Gasteiger partial charge on any atom is 0.167 e. The van der Waals surface area contributed by atoms with Crippen molar-refractivity contribution in [3.63, 3.8) is 0 Å². The Morgan fingerprint density at radius 3 is 2.50 bits per heavy atom. The van der Waals surface area contributed by atoms with Gasteiger partial charge < -0.3 is 15.6 Å². The lowest BCUT2D eigenvalue weighted by molar-refractivity contribution is 0.299. The highest BCUT2D eigenvalue weighted by Gasteiger charge is 2.13. The molecule has 4 heteroatoms. The number of hydrogen-bond donors (Lipinski definition) is 2. The van der Waals surface area contributed by atoms with Gasteiger partial charge in [0.2, 0.25) is 0 Å². The van der Waals surface area contributed by atoms with E-state index in [4.69, 9.17) is 15.6 Å². The Morgan fingerprint density at radius 2 is 1.90 bits per heavy atom. The number of hydrogen-bond acceptors (Lipinski definition) is 3. The van der Waals surface area contributed by atoms with Gasteiger partial charge >= 0.3 is 0 Å². The predicted octanol–water partition coefficient (Wildman–Crippen LogP) is 3.17. The number of aliphatic hydroxyl groups is 1. The maximum absolute atomic E-state index is 13.9. The van der Waals surface area contributed by atoms with Gasteiger partial charge in [-0.05, 0) is 37.1 Å². The van der Waals surface area contributed by atoms with Crippen molar-refractivity contribution in [3.8, 4) is 11.5 Å². The molecule has 2 aromatic carbocycles. The average molecular weight is 275 g/mol. The molecular formula is C16H18FNO2. The molecule has 0 aromatic heterocycles. The van der Waals surface area contributed by atoms with E-state index in [9.17, 15) is 4.39 Å². The standard InChI is InChI=1S/C16H18FNO2/c1-11(18)14-3-2-4-15(17)16(14)20-13-7-5-12(6-8-13)9-10-19/h2-8,11,19H,9-10,18H2,1H3/t11-/m0/s1. The van der Waals surface area contributed by atoms with Crippen LogP contribution in [-0.4, -0.2) is 11.7 Å². The van der Waals surface area contributed by atoms with E-state index in [2.05, 4.69) is 0 Å². The Kier molecular flexibility index (Phi) is 4.71. The topological polar surface area (TPSA) is 55.5 Å². The molecule has 0 heterocycles. The molecule has 0 spiro atoms. The number of nitrogens with two attached hydrogens (primary N) is 1. The zero-order valence-corrected chi connectivity index (χ0v) is 11.3. The van der Waals surface area contributed by atoms with E-state index in [1.807, 2.05) is 12.1 Å². The van der Waals surface area contributed by atoms with Gasteiger partial charge in [-0.2, -0.15) is 0 Å². The van der Waals surface area contributed by atoms with Crippen molar-refractivity contribution in [2.45, 2.75) is 19.4 Å². The summed E-state index contributed by atoms with van der Waals surface area (Å²) < 4.78 is 19.5. The van der Waals surface area contributed by atoms with E-state index in [1.165, 1.54) is 6.07 Å². The summed E-state index contributed by atoms with van der Waals surface area (Å²) in [5, 5.41) is 8.86. The summed E-state index contributed by atoms with van der Waals surface area (Å²) >= 11 is 0. The van der Waals surface area contributed by atoms with Crippen LogP contribution < -0.4 is 10.5 Å². The Balaban J connectivity index is 2.25. The van der Waals surface area contributed by atoms with Crippen LogP contribution in [0.1, 0.15) is 24.1 Å². The van der Waals surface area contributed by atoms with Crippen LogP contribution in [-0.2, 0) is 6.42 Å². The molecule has 0 aliphatic heterocycles. The van der Waals surface area contributed by atoms with E-state index < -0.39 is 5.82 Å². The zero-order valence-electron chi connectivity index (χ0n) is 11.3. The van der Waals surface area contributed by atoms with Crippen molar-refractivity contribution in [3.05, 3.63) is 59.4 Å². The summed E-state index contributed by atoms with van der Waals surface area (Å²) in [6, 6.07) is 11.6. The smallest absolute Gasteiger partial charge is 0.167 e. The van der Waals surface area contributed by atoms with Gasteiger partial charge in [0.25, 0.3) is 0 Å². The van der Waals surface area contributed by atoms with E-state index in [0.29, 0.717) is 17.7 Å². The molecule has 0 amide bonds. The predicted molar refractivity (Wildman–Crippen MR) is 76.3 cm³/mol. The van der Waals surface area contributed by atoms with Crippen molar-refractivity contribution in [1.82, 2.24) is 0 Å². The van der Waals surface area contributed by atoms with Crippen LogP contribution in [0.2, 0.25) is 0 Å². The van der Waals surface area contributed by atoms with Crippen LogP contribution in [0.5, 0.6) is 11.5 Å². The lowest BCUT2D eigenvalue weighted by Crippen LogP contribution is -2.07. The molecule has 0 aliphatic rings. The van der Waals surface area contributed by atoms with Crippen molar-refractivity contribution < 1.29 is 14.2 Å². The van der Waals surface area contributed by atoms with Gasteiger partial charge in [-0.15, -0.1) is 0 Å². The van der Waals surface area contributed by atoms with Crippen molar-refractivity contribution in [1.29, 1.82) is 0 Å². The molecule has 0 saturated heterocycles. The van der Waals surface area contributed by atoms with Crippen molar-refractivity contribution in [2.75, 3.05) is 6.61 Å². The second-order valence-electron chi connectivity index (χ2n) is 4.67. The molecule has 0 bridgehead atoms. The molecule has 20 heavy (non-hydrogen) atoms. The van der Waals surface area contributed by atoms with E-state index in [1.54, 1.807) is 31.2 Å². The molecule has 0 unspecified atom stereocenters. The largest absolute Gasteiger partial charge is 0.454 e. The first-order chi connectivity index (χ1) is 9.61. The van der Waals surface area contributed by atoms with Gasteiger partial charge in [0.15, 0.2) is 11.6 Å². The molecule has 0 fully saturated rings. The second-order valence-corrected chi connectivity index (χ2v) is 4.67. The normalized spacial score (nSPS) is 12.2. The highest BCUT2D eigenvalue weighted by Crippen LogP contribution is 2.31. The zero-order chi connectivity index (χ0) is 14.5. The molecule has 0 aliphatic carbocycles. The van der Waals surface area contributed by atoms with Crippen LogP contribution >= 0.6 is 0 Å². The maximum atomic E-state index is 13.9. The minimum Gasteiger partial charge on any atom is -0.454 e. The summed E-state index contributed by atoms with van der Waals surface area (Å²) in [7, 11) is 0. The first kappa shape index (κ1) is 14.5. The number of para-hydroxylation sites is 1. The van der Waals surface area contributed by atoms with Gasteiger partial charge in [-0.25, -0.2) is 4.39 Å². The summed E-state index contributed by atoms with van der Waals surface area (Å²) in [6.45, 7) is 1.88. The Bertz CT molecular complexity index is 567. The summed E-state index contributed by atoms with van der Waals surface area (Å²) in [4.78, 5) is 0. The average Bonchev–Trinajstić information content (AvgIpc) is 2.43. The first-order valence-electron chi connectivity index (χ1n) is 6.53. The molecule has 2 rings (SSSR count). The minimum atomic E-state index is -0.431. The molecule has 0 radical (unpaired) electrons. The summed E-state index contributed by atoms with van der Waals surface area (Å²) in [5.41, 5.74) is 7.46. The number of halogens is 1. The summed E-state index contributed by atoms with van der Waals surface area (Å²) in [6.07, 6.45) is 0.588. The monoisotopic (exact) mass is 275 g/mol. The third-order valence-corrected chi connectivity index (χ3v) is 3.03. The van der Waals surface area contributed by atoms with Crippen LogP contribution in [0.15, 0.2) is 42.5 Å². The Morgan fingerprint density at radius 1 is 1.20 bits per heavy atom. The number of aliphatic hydroxyl groups excluding tert-OH is 1. The number of benzene rings is 2. The lowest BCUT2D eigenvalue weighted by Gasteiger charge is -2.14. The third kappa shape index (κ3) is 3.35. The van der Waals surface area contributed by atoms with Crippen LogP contribution in [0.25, 0.3) is 0 Å². The molecule has 106 valence electrons. The quantitative estimate of drug-likeness (QED) is 0.881. The molecule has 3 nitrogen and oxygen atoms in total. The molecular weight excluding hydrogens is 257 g/mol. The number of ether oxygens (including phenoxy) is 1.